The second-order valence-corrected chi connectivity index (χ2v) is 6.95. The summed E-state index contributed by atoms with van der Waals surface area (Å²) >= 11 is 0. The van der Waals surface area contributed by atoms with Crippen molar-refractivity contribution in [3.05, 3.63) is 47.3 Å². The minimum atomic E-state index is -0.151. The van der Waals surface area contributed by atoms with Crippen molar-refractivity contribution in [1.29, 1.82) is 0 Å². The Hall–Kier alpha value is -2.60. The quantitative estimate of drug-likeness (QED) is 0.758. The number of carbonyl (C=O) groups excluding carboxylic acids is 2. The summed E-state index contributed by atoms with van der Waals surface area (Å²) < 4.78 is 13.5. The Morgan fingerprint density at radius 2 is 2.11 bits per heavy atom. The van der Waals surface area contributed by atoms with Gasteiger partial charge < -0.3 is 19.4 Å². The molecule has 0 saturated carbocycles. The van der Waals surface area contributed by atoms with Gasteiger partial charge in [0.25, 0.3) is 0 Å². The summed E-state index contributed by atoms with van der Waals surface area (Å²) in [6.45, 7) is 6.98. The number of aromatic nitrogens is 1. The first-order valence-electron chi connectivity index (χ1n) is 9.26. The molecule has 2 heterocycles. The zero-order valence-electron chi connectivity index (χ0n) is 16.1. The molecule has 1 aromatic carbocycles. The average molecular weight is 370 g/mol. The normalized spacial score (nSPS) is 16.3. The van der Waals surface area contributed by atoms with Crippen molar-refractivity contribution < 1.29 is 19.1 Å². The van der Waals surface area contributed by atoms with E-state index in [1.165, 1.54) is 6.92 Å². The number of hydrogen-bond acceptors (Lipinski definition) is 4. The molecule has 6 nitrogen and oxygen atoms in total. The van der Waals surface area contributed by atoms with Crippen LogP contribution in [-0.2, 0) is 16.1 Å². The number of carbonyl (C=O) groups is 2. The fraction of sp³-hybridized carbons (Fsp3) is 0.429. The van der Waals surface area contributed by atoms with E-state index in [4.69, 9.17) is 9.47 Å². The number of anilines is 1. The lowest BCUT2D eigenvalue weighted by Crippen LogP contribution is -2.18. The third kappa shape index (κ3) is 4.77. The summed E-state index contributed by atoms with van der Waals surface area (Å²) in [7, 11) is 0. The molecule has 1 amide bonds. The zero-order chi connectivity index (χ0) is 19.4. The van der Waals surface area contributed by atoms with Crippen LogP contribution in [0.2, 0.25) is 0 Å². The van der Waals surface area contributed by atoms with Gasteiger partial charge in [0, 0.05) is 48.8 Å². The second kappa shape index (κ2) is 8.39. The van der Waals surface area contributed by atoms with Crippen LogP contribution in [0.25, 0.3) is 0 Å². The molecule has 0 radical (unpaired) electrons. The van der Waals surface area contributed by atoms with Gasteiger partial charge in [-0.2, -0.15) is 0 Å². The van der Waals surface area contributed by atoms with Crippen LogP contribution in [0.3, 0.4) is 0 Å². The molecule has 0 spiro atoms. The number of nitrogens with zero attached hydrogens (tertiary/aromatic N) is 1. The van der Waals surface area contributed by atoms with E-state index in [9.17, 15) is 9.59 Å². The summed E-state index contributed by atoms with van der Waals surface area (Å²) in [4.78, 5) is 23.8. The van der Waals surface area contributed by atoms with E-state index in [1.54, 1.807) is 24.3 Å². The van der Waals surface area contributed by atoms with Gasteiger partial charge in [0.1, 0.15) is 5.75 Å². The van der Waals surface area contributed by atoms with E-state index < -0.39 is 0 Å². The molecule has 1 atom stereocenters. The average Bonchev–Trinajstić information content (AvgIpc) is 3.23. The minimum Gasteiger partial charge on any atom is -0.485 e. The summed E-state index contributed by atoms with van der Waals surface area (Å²) in [5, 5.41) is 2.70. The number of hydrogen-bond donors (Lipinski definition) is 1. The first kappa shape index (κ1) is 19.2. The van der Waals surface area contributed by atoms with Crippen LogP contribution in [0.15, 0.2) is 30.3 Å². The van der Waals surface area contributed by atoms with Gasteiger partial charge >= 0.3 is 0 Å². The van der Waals surface area contributed by atoms with Crippen molar-refractivity contribution in [3.8, 4) is 5.75 Å². The number of benzene rings is 1. The Kier molecular flexibility index (Phi) is 5.96. The standard InChI is InChI=1S/C21H26N2O4/c1-14-10-20(15(2)23(14)12-19-8-5-9-26-19)21(25)13-27-18-7-4-6-17(11-18)22-16(3)24/h4,6-7,10-11,19H,5,8-9,12-13H2,1-3H3,(H,22,24). The van der Waals surface area contributed by atoms with Gasteiger partial charge in [-0.05, 0) is 44.9 Å². The van der Waals surface area contributed by atoms with Crippen molar-refractivity contribution in [1.82, 2.24) is 4.57 Å². The minimum absolute atomic E-state index is 0.0479. The molecule has 1 aromatic heterocycles. The molecule has 1 N–H and O–H groups in total. The van der Waals surface area contributed by atoms with Gasteiger partial charge in [-0.15, -0.1) is 0 Å². The summed E-state index contributed by atoms with van der Waals surface area (Å²) in [6.07, 6.45) is 2.39. The van der Waals surface area contributed by atoms with Crippen molar-refractivity contribution in [2.24, 2.45) is 0 Å². The van der Waals surface area contributed by atoms with Crippen molar-refractivity contribution >= 4 is 17.4 Å². The van der Waals surface area contributed by atoms with Gasteiger partial charge in [-0.1, -0.05) is 6.07 Å². The third-order valence-electron chi connectivity index (χ3n) is 4.81. The lowest BCUT2D eigenvalue weighted by atomic mass is 10.1. The first-order chi connectivity index (χ1) is 12.9. The van der Waals surface area contributed by atoms with Crippen LogP contribution in [0.5, 0.6) is 5.75 Å². The molecule has 0 bridgehead atoms. The molecule has 1 saturated heterocycles. The number of amides is 1. The van der Waals surface area contributed by atoms with Crippen molar-refractivity contribution in [3.63, 3.8) is 0 Å². The predicted octanol–water partition coefficient (Wildman–Crippen LogP) is 3.50. The lowest BCUT2D eigenvalue weighted by Gasteiger charge is -2.15. The molecule has 3 rings (SSSR count). The maximum atomic E-state index is 12.7. The smallest absolute Gasteiger partial charge is 0.221 e. The van der Waals surface area contributed by atoms with Gasteiger partial charge in [-0.25, -0.2) is 0 Å². The number of ketones is 1. The van der Waals surface area contributed by atoms with Crippen LogP contribution >= 0.6 is 0 Å². The molecule has 0 aliphatic carbocycles. The monoisotopic (exact) mass is 370 g/mol. The highest BCUT2D eigenvalue weighted by molar-refractivity contribution is 5.98. The van der Waals surface area contributed by atoms with E-state index in [1.807, 2.05) is 19.9 Å². The predicted molar refractivity (Wildman–Crippen MR) is 103 cm³/mol. The van der Waals surface area contributed by atoms with Crippen LogP contribution in [-0.4, -0.2) is 35.6 Å². The fourth-order valence-corrected chi connectivity index (χ4v) is 3.45. The molecule has 1 unspecified atom stereocenters. The maximum absolute atomic E-state index is 12.7. The molecular weight excluding hydrogens is 344 g/mol. The van der Waals surface area contributed by atoms with Crippen molar-refractivity contribution in [2.75, 3.05) is 18.5 Å². The lowest BCUT2D eigenvalue weighted by molar-refractivity contribution is -0.114. The van der Waals surface area contributed by atoms with E-state index >= 15 is 0 Å². The fourth-order valence-electron chi connectivity index (χ4n) is 3.45. The topological polar surface area (TPSA) is 69.6 Å². The molecule has 27 heavy (non-hydrogen) atoms. The zero-order valence-corrected chi connectivity index (χ0v) is 16.1. The SMILES string of the molecule is CC(=O)Nc1cccc(OCC(=O)c2cc(C)n(CC3CCCO3)c2C)c1. The Balaban J connectivity index is 1.65. The van der Waals surface area contributed by atoms with E-state index in [2.05, 4.69) is 9.88 Å². The number of aryl methyl sites for hydroxylation is 1. The molecule has 1 aliphatic heterocycles. The Morgan fingerprint density at radius 1 is 1.30 bits per heavy atom. The highest BCUT2D eigenvalue weighted by Gasteiger charge is 2.21. The Labute approximate surface area is 159 Å². The molecular formula is C21H26N2O4. The molecule has 144 valence electrons. The van der Waals surface area contributed by atoms with Crippen molar-refractivity contribution in [2.45, 2.75) is 46.3 Å². The summed E-state index contributed by atoms with van der Waals surface area (Å²) in [5.74, 6) is 0.330. The molecule has 2 aromatic rings. The first-order valence-corrected chi connectivity index (χ1v) is 9.26. The highest BCUT2D eigenvalue weighted by atomic mass is 16.5. The Morgan fingerprint density at radius 3 is 2.81 bits per heavy atom. The largest absolute Gasteiger partial charge is 0.485 e. The van der Waals surface area contributed by atoms with Gasteiger partial charge in [0.15, 0.2) is 6.61 Å². The number of Topliss-reactive ketones (excluding diaryl/α,β-unsaturated/α-hetero) is 1. The number of ether oxygens (including phenoxy) is 2. The van der Waals surface area contributed by atoms with Crippen LogP contribution < -0.4 is 10.1 Å². The summed E-state index contributed by atoms with van der Waals surface area (Å²) in [6, 6.07) is 8.94. The number of nitrogens with one attached hydrogen (secondary N) is 1. The number of rotatable bonds is 7. The third-order valence-corrected chi connectivity index (χ3v) is 4.81. The van der Waals surface area contributed by atoms with Gasteiger partial charge in [-0.3, -0.25) is 9.59 Å². The molecule has 6 heteroatoms. The van der Waals surface area contributed by atoms with Gasteiger partial charge in [0.05, 0.1) is 6.10 Å². The Bertz CT molecular complexity index is 835. The molecule has 1 fully saturated rings. The van der Waals surface area contributed by atoms with E-state index in [-0.39, 0.29) is 24.4 Å². The van der Waals surface area contributed by atoms with Crippen LogP contribution in [0.1, 0.15) is 41.5 Å². The second-order valence-electron chi connectivity index (χ2n) is 6.95. The molecule has 1 aliphatic rings. The summed E-state index contributed by atoms with van der Waals surface area (Å²) in [5.41, 5.74) is 3.33. The van der Waals surface area contributed by atoms with Gasteiger partial charge in [0.2, 0.25) is 11.7 Å². The maximum Gasteiger partial charge on any atom is 0.221 e. The highest BCUT2D eigenvalue weighted by Crippen LogP contribution is 2.22. The van der Waals surface area contributed by atoms with E-state index in [0.29, 0.717) is 17.0 Å². The van der Waals surface area contributed by atoms with Crippen LogP contribution in [0.4, 0.5) is 5.69 Å². The van der Waals surface area contributed by atoms with E-state index in [0.717, 1.165) is 37.4 Å². The van der Waals surface area contributed by atoms with Crippen LogP contribution in [0, 0.1) is 13.8 Å².